The minimum Gasteiger partial charge on any atom is -0.378 e. The molecule has 3 rings (SSSR count). The summed E-state index contributed by atoms with van der Waals surface area (Å²) in [6, 6.07) is 10.0. The van der Waals surface area contributed by atoms with Crippen LogP contribution in [-0.4, -0.2) is 30.8 Å². The van der Waals surface area contributed by atoms with Gasteiger partial charge in [-0.05, 0) is 36.7 Å². The van der Waals surface area contributed by atoms with Gasteiger partial charge < -0.3 is 14.8 Å². The van der Waals surface area contributed by atoms with Gasteiger partial charge in [0.15, 0.2) is 6.10 Å². The summed E-state index contributed by atoms with van der Waals surface area (Å²) < 4.78 is 12.2. The van der Waals surface area contributed by atoms with E-state index in [1.54, 1.807) is 0 Å². The van der Waals surface area contributed by atoms with Gasteiger partial charge in [0.05, 0.1) is 12.2 Å². The number of hydrogen-bond donors (Lipinski definition) is 1. The number of nitrogens with one attached hydrogen (secondary N) is 1. The van der Waals surface area contributed by atoms with Crippen molar-refractivity contribution < 1.29 is 14.3 Å². The Morgan fingerprint density at radius 3 is 2.50 bits per heavy atom. The molecule has 1 heterocycles. The third-order valence-corrected chi connectivity index (χ3v) is 5.57. The molecule has 3 atom stereocenters. The lowest BCUT2D eigenvalue weighted by Gasteiger charge is -2.38. The predicted octanol–water partition coefficient (Wildman–Crippen LogP) is 4.40. The highest BCUT2D eigenvalue weighted by atomic mass is 16.5. The molecule has 1 aromatic rings. The summed E-state index contributed by atoms with van der Waals surface area (Å²) in [4.78, 5) is 13.1. The highest BCUT2D eigenvalue weighted by Gasteiger charge is 2.34. The van der Waals surface area contributed by atoms with Gasteiger partial charge in [0.25, 0.3) is 5.91 Å². The van der Waals surface area contributed by atoms with Gasteiger partial charge in [0.1, 0.15) is 0 Å². The summed E-state index contributed by atoms with van der Waals surface area (Å²) in [7, 11) is 0. The van der Waals surface area contributed by atoms with Crippen molar-refractivity contribution in [3.8, 4) is 0 Å². The molecule has 0 spiro atoms. The molecule has 26 heavy (non-hydrogen) atoms. The SMILES string of the molecule is CC(C)(C)[C@@H]1C[C@@H](NC(=O)[C@@H](OC2CCCC2)c2ccccc2)CCO1. The fourth-order valence-electron chi connectivity index (χ4n) is 3.94. The van der Waals surface area contributed by atoms with Crippen molar-refractivity contribution in [1.29, 1.82) is 0 Å². The first kappa shape index (κ1) is 19.4. The van der Waals surface area contributed by atoms with Crippen LogP contribution in [0, 0.1) is 5.41 Å². The third kappa shape index (κ3) is 5.08. The van der Waals surface area contributed by atoms with Crippen molar-refractivity contribution in [3.63, 3.8) is 0 Å². The Balaban J connectivity index is 1.67. The maximum atomic E-state index is 13.1. The molecule has 4 heteroatoms. The maximum Gasteiger partial charge on any atom is 0.254 e. The van der Waals surface area contributed by atoms with Crippen molar-refractivity contribution in [2.24, 2.45) is 5.41 Å². The van der Waals surface area contributed by atoms with Gasteiger partial charge in [-0.2, -0.15) is 0 Å². The van der Waals surface area contributed by atoms with Crippen molar-refractivity contribution in [2.75, 3.05) is 6.61 Å². The normalized spacial score (nSPS) is 25.8. The summed E-state index contributed by atoms with van der Waals surface area (Å²) >= 11 is 0. The van der Waals surface area contributed by atoms with Crippen LogP contribution in [0.4, 0.5) is 0 Å². The smallest absolute Gasteiger partial charge is 0.254 e. The molecule has 1 N–H and O–H groups in total. The van der Waals surface area contributed by atoms with Gasteiger partial charge >= 0.3 is 0 Å². The number of hydrogen-bond acceptors (Lipinski definition) is 3. The van der Waals surface area contributed by atoms with Gasteiger partial charge in [0, 0.05) is 12.6 Å². The van der Waals surface area contributed by atoms with E-state index in [0.29, 0.717) is 6.61 Å². The van der Waals surface area contributed by atoms with Crippen molar-refractivity contribution in [2.45, 2.75) is 83.6 Å². The largest absolute Gasteiger partial charge is 0.378 e. The van der Waals surface area contributed by atoms with Crippen LogP contribution in [-0.2, 0) is 14.3 Å². The van der Waals surface area contributed by atoms with Gasteiger partial charge in [-0.1, -0.05) is 63.9 Å². The van der Waals surface area contributed by atoms with Gasteiger partial charge in [-0.3, -0.25) is 4.79 Å². The monoisotopic (exact) mass is 359 g/mol. The molecule has 1 saturated heterocycles. The fourth-order valence-corrected chi connectivity index (χ4v) is 3.94. The van der Waals surface area contributed by atoms with Crippen molar-refractivity contribution in [3.05, 3.63) is 35.9 Å². The Bertz CT molecular complexity index is 575. The minimum absolute atomic E-state index is 0.0114. The van der Waals surface area contributed by atoms with E-state index in [9.17, 15) is 4.79 Å². The second-order valence-corrected chi connectivity index (χ2v) is 8.79. The molecule has 4 nitrogen and oxygen atoms in total. The topological polar surface area (TPSA) is 47.6 Å². The average Bonchev–Trinajstić information content (AvgIpc) is 3.13. The van der Waals surface area contributed by atoms with E-state index in [1.807, 2.05) is 30.3 Å². The van der Waals surface area contributed by atoms with E-state index in [-0.39, 0.29) is 29.6 Å². The minimum atomic E-state index is -0.518. The number of rotatable bonds is 5. The number of carbonyl (C=O) groups is 1. The van der Waals surface area contributed by atoms with Crippen molar-refractivity contribution in [1.82, 2.24) is 5.32 Å². The van der Waals surface area contributed by atoms with Gasteiger partial charge in [-0.25, -0.2) is 0 Å². The molecule has 1 aliphatic carbocycles. The molecule has 0 radical (unpaired) electrons. The molecule has 0 bridgehead atoms. The Kier molecular flexibility index (Phi) is 6.36. The number of benzene rings is 1. The second-order valence-electron chi connectivity index (χ2n) is 8.79. The highest BCUT2D eigenvalue weighted by Crippen LogP contribution is 2.31. The van der Waals surface area contributed by atoms with E-state index in [4.69, 9.17) is 9.47 Å². The maximum absolute atomic E-state index is 13.1. The summed E-state index contributed by atoms with van der Waals surface area (Å²) in [5, 5.41) is 3.25. The van der Waals surface area contributed by atoms with Crippen LogP contribution >= 0.6 is 0 Å². The second kappa shape index (κ2) is 8.53. The van der Waals surface area contributed by atoms with Crippen LogP contribution in [0.25, 0.3) is 0 Å². The summed E-state index contributed by atoms with van der Waals surface area (Å²) in [5.74, 6) is -0.0114. The van der Waals surface area contributed by atoms with Crippen LogP contribution in [0.5, 0.6) is 0 Å². The first-order valence-electron chi connectivity index (χ1n) is 10.1. The third-order valence-electron chi connectivity index (χ3n) is 5.57. The Hall–Kier alpha value is -1.39. The van der Waals surface area contributed by atoms with Crippen molar-refractivity contribution >= 4 is 5.91 Å². The molecular formula is C22H33NO3. The lowest BCUT2D eigenvalue weighted by molar-refractivity contribution is -0.139. The van der Waals surface area contributed by atoms with E-state index in [0.717, 1.165) is 31.2 Å². The quantitative estimate of drug-likeness (QED) is 0.848. The van der Waals surface area contributed by atoms with E-state index >= 15 is 0 Å². The van der Waals surface area contributed by atoms with Crippen LogP contribution in [0.1, 0.15) is 71.0 Å². The Labute approximate surface area is 157 Å². The molecular weight excluding hydrogens is 326 g/mol. The molecule has 1 amide bonds. The number of carbonyl (C=O) groups excluding carboxylic acids is 1. The zero-order valence-corrected chi connectivity index (χ0v) is 16.4. The first-order chi connectivity index (χ1) is 12.4. The fraction of sp³-hybridized carbons (Fsp3) is 0.682. The van der Waals surface area contributed by atoms with Gasteiger partial charge in [0.2, 0.25) is 0 Å². The zero-order valence-electron chi connectivity index (χ0n) is 16.4. The molecule has 1 saturated carbocycles. The Morgan fingerprint density at radius 2 is 1.85 bits per heavy atom. The molecule has 1 aromatic carbocycles. The van der Waals surface area contributed by atoms with Crippen LogP contribution in [0.2, 0.25) is 0 Å². The number of amides is 1. The summed E-state index contributed by atoms with van der Waals surface area (Å²) in [6.07, 6.45) is 6.08. The molecule has 2 aliphatic rings. The number of ether oxygens (including phenoxy) is 2. The zero-order chi connectivity index (χ0) is 18.6. The van der Waals surface area contributed by atoms with Crippen LogP contribution in [0.15, 0.2) is 30.3 Å². The van der Waals surface area contributed by atoms with E-state index < -0.39 is 6.10 Å². The lowest BCUT2D eigenvalue weighted by Crippen LogP contribution is -2.47. The summed E-state index contributed by atoms with van der Waals surface area (Å²) in [6.45, 7) is 7.28. The molecule has 1 aliphatic heterocycles. The molecule has 0 aromatic heterocycles. The molecule has 144 valence electrons. The van der Waals surface area contributed by atoms with E-state index in [2.05, 4.69) is 26.1 Å². The van der Waals surface area contributed by atoms with E-state index in [1.165, 1.54) is 12.8 Å². The standard InChI is InChI=1S/C22H33NO3/c1-22(2,3)19-15-17(13-14-25-19)23-21(24)20(16-9-5-4-6-10-16)26-18-11-7-8-12-18/h4-6,9-10,17-20H,7-8,11-15H2,1-3H3,(H,23,24)/t17-,19-,20-/m0/s1. The molecule has 0 unspecified atom stereocenters. The van der Waals surface area contributed by atoms with Crippen LogP contribution < -0.4 is 5.32 Å². The first-order valence-corrected chi connectivity index (χ1v) is 10.1. The molecule has 2 fully saturated rings. The highest BCUT2D eigenvalue weighted by molar-refractivity contribution is 5.82. The Morgan fingerprint density at radius 1 is 1.15 bits per heavy atom. The van der Waals surface area contributed by atoms with Crippen LogP contribution in [0.3, 0.4) is 0 Å². The predicted molar refractivity (Wildman–Crippen MR) is 103 cm³/mol. The lowest BCUT2D eigenvalue weighted by atomic mass is 9.83. The van der Waals surface area contributed by atoms with Gasteiger partial charge in [-0.15, -0.1) is 0 Å². The summed E-state index contributed by atoms with van der Waals surface area (Å²) in [5.41, 5.74) is 1.03. The average molecular weight is 360 g/mol.